The van der Waals surface area contributed by atoms with Crippen molar-refractivity contribution in [2.45, 2.75) is 12.8 Å². The topological polar surface area (TPSA) is 21.3 Å². The highest BCUT2D eigenvalue weighted by molar-refractivity contribution is 5.85. The van der Waals surface area contributed by atoms with Gasteiger partial charge in [0.25, 0.3) is 0 Å². The fraction of sp³-hybridized carbons (Fsp3) is 0.500. The molecule has 15 heavy (non-hydrogen) atoms. The van der Waals surface area contributed by atoms with E-state index in [0.29, 0.717) is 0 Å². The van der Waals surface area contributed by atoms with Crippen molar-refractivity contribution >= 4 is 12.4 Å². The summed E-state index contributed by atoms with van der Waals surface area (Å²) in [4.78, 5) is 0. The molecule has 0 saturated carbocycles. The molecule has 1 N–H and O–H groups in total. The first-order chi connectivity index (χ1) is 6.88. The Kier molecular flexibility index (Phi) is 4.92. The number of hydrogen-bond donors (Lipinski definition) is 1. The lowest BCUT2D eigenvalue weighted by atomic mass is 9.99. The predicted molar refractivity (Wildman–Crippen MR) is 64.9 cm³/mol. The van der Waals surface area contributed by atoms with E-state index in [1.54, 1.807) is 7.11 Å². The van der Waals surface area contributed by atoms with E-state index in [1.165, 1.54) is 31.5 Å². The van der Waals surface area contributed by atoms with Crippen LogP contribution < -0.4 is 10.1 Å². The minimum Gasteiger partial charge on any atom is -0.497 e. The van der Waals surface area contributed by atoms with Crippen LogP contribution in [-0.2, 0) is 6.42 Å². The van der Waals surface area contributed by atoms with Gasteiger partial charge in [0.1, 0.15) is 5.75 Å². The Bertz CT molecular complexity index is 280. The van der Waals surface area contributed by atoms with Crippen LogP contribution in [0.4, 0.5) is 0 Å². The lowest BCUT2D eigenvalue weighted by molar-refractivity contribution is 0.414. The second-order valence-corrected chi connectivity index (χ2v) is 3.91. The van der Waals surface area contributed by atoms with E-state index >= 15 is 0 Å². The highest BCUT2D eigenvalue weighted by Crippen LogP contribution is 2.17. The molecule has 1 aromatic rings. The van der Waals surface area contributed by atoms with Crippen LogP contribution >= 0.6 is 12.4 Å². The monoisotopic (exact) mass is 227 g/mol. The molecule has 0 spiro atoms. The molecule has 1 saturated heterocycles. The van der Waals surface area contributed by atoms with E-state index in [4.69, 9.17) is 4.74 Å². The van der Waals surface area contributed by atoms with Crippen molar-refractivity contribution in [1.82, 2.24) is 5.32 Å². The summed E-state index contributed by atoms with van der Waals surface area (Å²) in [5, 5.41) is 3.39. The first kappa shape index (κ1) is 12.3. The molecule has 1 heterocycles. The van der Waals surface area contributed by atoms with Crippen molar-refractivity contribution in [1.29, 1.82) is 0 Å². The molecule has 0 aliphatic carbocycles. The number of halogens is 1. The Hall–Kier alpha value is -0.730. The van der Waals surface area contributed by atoms with E-state index in [2.05, 4.69) is 17.4 Å². The summed E-state index contributed by atoms with van der Waals surface area (Å²) >= 11 is 0. The molecule has 0 radical (unpaired) electrons. The summed E-state index contributed by atoms with van der Waals surface area (Å²) in [5.74, 6) is 1.77. The van der Waals surface area contributed by atoms with Crippen molar-refractivity contribution in [3.8, 4) is 5.75 Å². The molecule has 1 aromatic carbocycles. The molecule has 1 atom stereocenters. The van der Waals surface area contributed by atoms with Crippen LogP contribution in [-0.4, -0.2) is 20.2 Å². The summed E-state index contributed by atoms with van der Waals surface area (Å²) < 4.78 is 5.13. The zero-order valence-corrected chi connectivity index (χ0v) is 9.85. The fourth-order valence-electron chi connectivity index (χ4n) is 1.98. The molecule has 2 rings (SSSR count). The normalized spacial score (nSPS) is 19.7. The molecule has 84 valence electrons. The van der Waals surface area contributed by atoms with E-state index in [9.17, 15) is 0 Å². The predicted octanol–water partition coefficient (Wildman–Crippen LogP) is 2.27. The maximum Gasteiger partial charge on any atom is 0.118 e. The lowest BCUT2D eigenvalue weighted by Crippen LogP contribution is -2.10. The number of benzene rings is 1. The number of nitrogens with one attached hydrogen (secondary N) is 1. The first-order valence-electron chi connectivity index (χ1n) is 5.22. The summed E-state index contributed by atoms with van der Waals surface area (Å²) in [7, 11) is 1.70. The van der Waals surface area contributed by atoms with Crippen LogP contribution in [0, 0.1) is 5.92 Å². The van der Waals surface area contributed by atoms with Gasteiger partial charge >= 0.3 is 0 Å². The Morgan fingerprint density at radius 2 is 2.07 bits per heavy atom. The number of methoxy groups -OCH3 is 1. The van der Waals surface area contributed by atoms with E-state index in [1.807, 2.05) is 12.1 Å². The minimum absolute atomic E-state index is 0. The first-order valence-corrected chi connectivity index (χ1v) is 5.22. The Morgan fingerprint density at radius 1 is 1.33 bits per heavy atom. The van der Waals surface area contributed by atoms with Crippen molar-refractivity contribution in [2.75, 3.05) is 20.2 Å². The molecule has 1 aliphatic rings. The van der Waals surface area contributed by atoms with Gasteiger partial charge in [-0.2, -0.15) is 0 Å². The average molecular weight is 228 g/mol. The quantitative estimate of drug-likeness (QED) is 0.856. The van der Waals surface area contributed by atoms with Crippen LogP contribution in [0.1, 0.15) is 12.0 Å². The van der Waals surface area contributed by atoms with Gasteiger partial charge < -0.3 is 10.1 Å². The van der Waals surface area contributed by atoms with Crippen molar-refractivity contribution in [2.24, 2.45) is 5.92 Å². The van der Waals surface area contributed by atoms with Gasteiger partial charge in [0.2, 0.25) is 0 Å². The van der Waals surface area contributed by atoms with Crippen LogP contribution in [0.3, 0.4) is 0 Å². The van der Waals surface area contributed by atoms with Crippen molar-refractivity contribution < 1.29 is 4.74 Å². The Morgan fingerprint density at radius 3 is 2.60 bits per heavy atom. The van der Waals surface area contributed by atoms with Gasteiger partial charge in [0.05, 0.1) is 7.11 Å². The maximum atomic E-state index is 5.13. The van der Waals surface area contributed by atoms with Gasteiger partial charge in [-0.3, -0.25) is 0 Å². The van der Waals surface area contributed by atoms with Crippen LogP contribution in [0.25, 0.3) is 0 Å². The minimum atomic E-state index is 0. The highest BCUT2D eigenvalue weighted by Gasteiger charge is 2.14. The molecule has 1 unspecified atom stereocenters. The number of rotatable bonds is 3. The SMILES string of the molecule is COc1ccc(CC2CCNC2)cc1.Cl. The third-order valence-corrected chi connectivity index (χ3v) is 2.85. The summed E-state index contributed by atoms with van der Waals surface area (Å²) in [6, 6.07) is 8.41. The standard InChI is InChI=1S/C12H17NO.ClH/c1-14-12-4-2-10(3-5-12)8-11-6-7-13-9-11;/h2-5,11,13H,6-9H2,1H3;1H. The van der Waals surface area contributed by atoms with Crippen LogP contribution in [0.5, 0.6) is 5.75 Å². The lowest BCUT2D eigenvalue weighted by Gasteiger charge is -2.08. The van der Waals surface area contributed by atoms with E-state index in [0.717, 1.165) is 11.7 Å². The number of hydrogen-bond acceptors (Lipinski definition) is 2. The van der Waals surface area contributed by atoms with Gasteiger partial charge in [0.15, 0.2) is 0 Å². The maximum absolute atomic E-state index is 5.13. The van der Waals surface area contributed by atoms with E-state index < -0.39 is 0 Å². The highest BCUT2D eigenvalue weighted by atomic mass is 35.5. The molecular weight excluding hydrogens is 210 g/mol. The molecule has 1 aliphatic heterocycles. The second-order valence-electron chi connectivity index (χ2n) is 3.91. The van der Waals surface area contributed by atoms with Gasteiger partial charge in [-0.1, -0.05) is 12.1 Å². The molecular formula is C12H18ClNO. The van der Waals surface area contributed by atoms with Gasteiger partial charge in [-0.05, 0) is 49.5 Å². The average Bonchev–Trinajstić information content (AvgIpc) is 2.72. The molecule has 3 heteroatoms. The molecule has 0 bridgehead atoms. The third kappa shape index (κ3) is 3.40. The molecule has 2 nitrogen and oxygen atoms in total. The van der Waals surface area contributed by atoms with E-state index in [-0.39, 0.29) is 12.4 Å². The van der Waals surface area contributed by atoms with Gasteiger partial charge in [0, 0.05) is 0 Å². The van der Waals surface area contributed by atoms with Crippen LogP contribution in [0.15, 0.2) is 24.3 Å². The number of ether oxygens (including phenoxy) is 1. The zero-order valence-electron chi connectivity index (χ0n) is 9.03. The largest absolute Gasteiger partial charge is 0.497 e. The molecule has 0 amide bonds. The van der Waals surface area contributed by atoms with Gasteiger partial charge in [-0.25, -0.2) is 0 Å². The van der Waals surface area contributed by atoms with Gasteiger partial charge in [-0.15, -0.1) is 12.4 Å². The summed E-state index contributed by atoms with van der Waals surface area (Å²) in [6.07, 6.45) is 2.50. The van der Waals surface area contributed by atoms with Crippen molar-refractivity contribution in [3.05, 3.63) is 29.8 Å². The smallest absolute Gasteiger partial charge is 0.118 e. The second kappa shape index (κ2) is 5.99. The summed E-state index contributed by atoms with van der Waals surface area (Å²) in [6.45, 7) is 2.35. The Labute approximate surface area is 97.4 Å². The summed E-state index contributed by atoms with van der Waals surface area (Å²) in [5.41, 5.74) is 1.42. The van der Waals surface area contributed by atoms with Crippen LogP contribution in [0.2, 0.25) is 0 Å². The fourth-order valence-corrected chi connectivity index (χ4v) is 1.98. The third-order valence-electron chi connectivity index (χ3n) is 2.85. The molecule has 1 fully saturated rings. The molecule has 0 aromatic heterocycles. The zero-order chi connectivity index (χ0) is 9.80. The van der Waals surface area contributed by atoms with Crippen molar-refractivity contribution in [3.63, 3.8) is 0 Å². The Balaban J connectivity index is 0.00000112.